The Morgan fingerprint density at radius 3 is 2.04 bits per heavy atom. The second-order valence-corrected chi connectivity index (χ2v) is 5.09. The Labute approximate surface area is 149 Å². The number of carbonyl (C=O) groups excluding carboxylic acids is 1. The van der Waals surface area contributed by atoms with E-state index in [2.05, 4.69) is 43.9 Å². The molecule has 138 valence electrons. The number of hydrogen-bond donors (Lipinski definition) is 7. The Kier molecular flexibility index (Phi) is 13.0. The van der Waals surface area contributed by atoms with Gasteiger partial charge in [-0.3, -0.25) is 42.6 Å². The second-order valence-electron chi connectivity index (χ2n) is 5.09. The molecule has 9 nitrogen and oxygen atoms in total. The van der Waals surface area contributed by atoms with Crippen LogP contribution < -0.4 is 38.2 Å². The van der Waals surface area contributed by atoms with Gasteiger partial charge in [-0.15, -0.1) is 0 Å². The highest BCUT2D eigenvalue weighted by Crippen LogP contribution is 1.84. The number of amides is 1. The van der Waals surface area contributed by atoms with Crippen molar-refractivity contribution in [2.24, 2.45) is 22.9 Å². The Morgan fingerprint density at radius 1 is 0.960 bits per heavy atom. The molecule has 0 heterocycles. The summed E-state index contributed by atoms with van der Waals surface area (Å²) in [6, 6.07) is 0. The van der Waals surface area contributed by atoms with Gasteiger partial charge in [-0.2, -0.15) is 0 Å². The smallest absolute Gasteiger partial charge is 0.338 e. The minimum Gasteiger partial charge on any atom is -0.354 e. The van der Waals surface area contributed by atoms with E-state index in [-0.39, 0.29) is 24.2 Å². The number of carbonyl (C=O) groups is 1. The van der Waals surface area contributed by atoms with Crippen LogP contribution in [0.25, 0.3) is 0 Å². The summed E-state index contributed by atoms with van der Waals surface area (Å²) in [4.78, 5) is 19.5. The Morgan fingerprint density at radius 2 is 1.52 bits per heavy atom. The Balaban J connectivity index is 4.24. The number of nitrogens with zero attached hydrogens (tertiary/aromatic N) is 1. The monoisotopic (exact) mass is 350 g/mol. The highest BCUT2D eigenvalue weighted by molar-refractivity contribution is 5.78. The molecule has 0 fully saturated rings. The van der Waals surface area contributed by atoms with Crippen molar-refractivity contribution in [3.63, 3.8) is 0 Å². The molecular weight excluding hydrogens is 320 g/mol. The van der Waals surface area contributed by atoms with E-state index in [0.29, 0.717) is 39.3 Å². The predicted octanol–water partition coefficient (Wildman–Crippen LogP) is -6.08. The minimum absolute atomic E-state index is 0.124. The van der Waals surface area contributed by atoms with Crippen LogP contribution in [0.5, 0.6) is 0 Å². The zero-order chi connectivity index (χ0) is 18.9. The number of hydrogen-bond acceptors (Lipinski definition) is 2. The van der Waals surface area contributed by atoms with Gasteiger partial charge in [-0.1, -0.05) is 18.8 Å². The van der Waals surface area contributed by atoms with Crippen molar-refractivity contribution >= 4 is 17.8 Å². The first kappa shape index (κ1) is 22.1. The molecule has 0 aromatic heterocycles. The summed E-state index contributed by atoms with van der Waals surface area (Å²) in [5.41, 5.74) is 21.5. The maximum Gasteiger partial charge on any atom is 0.338 e. The van der Waals surface area contributed by atoms with Crippen LogP contribution in [0.4, 0.5) is 0 Å². The second kappa shape index (κ2) is 14.7. The molecule has 0 rings (SSSR count). The molecule has 11 N–H and O–H groups in total. The molecule has 0 saturated carbocycles. The third-order valence-electron chi connectivity index (χ3n) is 2.93. The van der Waals surface area contributed by atoms with Crippen molar-refractivity contribution in [2.75, 3.05) is 39.3 Å². The van der Waals surface area contributed by atoms with Crippen LogP contribution in [0.2, 0.25) is 0 Å². The van der Waals surface area contributed by atoms with Gasteiger partial charge in [0.2, 0.25) is 5.91 Å². The van der Waals surface area contributed by atoms with E-state index in [0.717, 1.165) is 6.42 Å². The molecule has 0 aromatic carbocycles. The number of guanidine groups is 2. The molecule has 0 aromatic rings. The van der Waals surface area contributed by atoms with Crippen molar-refractivity contribution in [3.8, 4) is 23.7 Å². The average molecular weight is 350 g/mol. The van der Waals surface area contributed by atoms with E-state index in [9.17, 15) is 4.79 Å². The van der Waals surface area contributed by atoms with Gasteiger partial charge >= 0.3 is 11.9 Å². The zero-order valence-electron chi connectivity index (χ0n) is 14.8. The summed E-state index contributed by atoms with van der Waals surface area (Å²) in [6.45, 7) is 5.70. The van der Waals surface area contributed by atoms with Gasteiger partial charge in [0.1, 0.15) is 0 Å². The lowest BCUT2D eigenvalue weighted by atomic mass is 10.3. The van der Waals surface area contributed by atoms with Crippen molar-refractivity contribution in [2.45, 2.75) is 19.8 Å². The fourth-order valence-electron chi connectivity index (χ4n) is 1.77. The number of nitrogens with two attached hydrogens (primary N) is 4. The SMILES string of the molecule is CCC#CC#CCC(=O)NCCN(CC[NH+]=C(N)N)CC[NH+]=C(N)N. The molecule has 0 aliphatic heterocycles. The van der Waals surface area contributed by atoms with Crippen LogP contribution in [-0.4, -0.2) is 62.0 Å². The molecular formula is C16H30N8O+2. The molecule has 0 saturated heterocycles. The predicted molar refractivity (Wildman–Crippen MR) is 98.3 cm³/mol. The summed E-state index contributed by atoms with van der Waals surface area (Å²) in [5.74, 6) is 11.1. The third-order valence-corrected chi connectivity index (χ3v) is 2.93. The van der Waals surface area contributed by atoms with E-state index < -0.39 is 0 Å². The largest absolute Gasteiger partial charge is 0.354 e. The summed E-state index contributed by atoms with van der Waals surface area (Å²) < 4.78 is 0. The molecule has 0 bridgehead atoms. The number of nitrogens with one attached hydrogen (secondary N) is 3. The van der Waals surface area contributed by atoms with Gasteiger partial charge < -0.3 is 5.32 Å². The Bertz CT molecular complexity index is 546. The fourth-order valence-corrected chi connectivity index (χ4v) is 1.77. The van der Waals surface area contributed by atoms with Crippen molar-refractivity contribution in [1.29, 1.82) is 0 Å². The quantitative estimate of drug-likeness (QED) is 0.118. The van der Waals surface area contributed by atoms with Gasteiger partial charge in [-0.05, 0) is 11.8 Å². The van der Waals surface area contributed by atoms with E-state index in [4.69, 9.17) is 22.9 Å². The molecule has 0 unspecified atom stereocenters. The normalized spacial score (nSPS) is 9.20. The number of rotatable bonds is 10. The molecule has 25 heavy (non-hydrogen) atoms. The molecule has 0 aliphatic carbocycles. The van der Waals surface area contributed by atoms with Crippen molar-refractivity contribution in [3.05, 3.63) is 0 Å². The van der Waals surface area contributed by atoms with Crippen molar-refractivity contribution < 1.29 is 14.8 Å². The van der Waals surface area contributed by atoms with Crippen LogP contribution in [0.1, 0.15) is 19.8 Å². The third kappa shape index (κ3) is 15.8. The topological polar surface area (TPSA) is 164 Å². The standard InChI is InChI=1S/C16H28N8O/c1-2-3-4-5-6-7-14(25)21-8-11-24(12-9-22-15(17)18)13-10-23-16(19)20/h2,7-13H2,1H3,(H,21,25)(H4,17,18,22)(H4,19,20,23)/p+2. The van der Waals surface area contributed by atoms with E-state index in [1.54, 1.807) is 0 Å². The summed E-state index contributed by atoms with van der Waals surface area (Å²) >= 11 is 0. The minimum atomic E-state index is -0.124. The lowest BCUT2D eigenvalue weighted by Gasteiger charge is -2.20. The summed E-state index contributed by atoms with van der Waals surface area (Å²) in [6.07, 6.45) is 0.889. The van der Waals surface area contributed by atoms with Gasteiger partial charge in [0.15, 0.2) is 0 Å². The first-order valence-electron chi connectivity index (χ1n) is 8.14. The molecule has 9 heteroatoms. The fraction of sp³-hybridized carbons (Fsp3) is 0.562. The highest BCUT2D eigenvalue weighted by Gasteiger charge is 2.06. The first-order valence-corrected chi connectivity index (χ1v) is 8.14. The van der Waals surface area contributed by atoms with Crippen LogP contribution in [0.15, 0.2) is 0 Å². The average Bonchev–Trinajstić information content (AvgIpc) is 2.53. The molecule has 0 aliphatic rings. The molecule has 0 spiro atoms. The van der Waals surface area contributed by atoms with E-state index in [1.807, 2.05) is 6.92 Å². The van der Waals surface area contributed by atoms with Gasteiger partial charge in [0.25, 0.3) is 0 Å². The van der Waals surface area contributed by atoms with Gasteiger partial charge in [0, 0.05) is 32.6 Å². The first-order chi connectivity index (χ1) is 12.0. The molecule has 1 amide bonds. The maximum absolute atomic E-state index is 11.7. The van der Waals surface area contributed by atoms with Crippen LogP contribution in [0.3, 0.4) is 0 Å². The zero-order valence-corrected chi connectivity index (χ0v) is 14.8. The van der Waals surface area contributed by atoms with Gasteiger partial charge in [-0.25, -0.2) is 0 Å². The van der Waals surface area contributed by atoms with Gasteiger partial charge in [0.05, 0.1) is 19.5 Å². The molecule has 0 atom stereocenters. The maximum atomic E-state index is 11.7. The lowest BCUT2D eigenvalue weighted by molar-refractivity contribution is -0.466. The van der Waals surface area contributed by atoms with Crippen LogP contribution in [0, 0.1) is 23.7 Å². The summed E-state index contributed by atoms with van der Waals surface area (Å²) in [5, 5.41) is 2.82. The van der Waals surface area contributed by atoms with Crippen molar-refractivity contribution in [1.82, 2.24) is 10.2 Å². The highest BCUT2D eigenvalue weighted by atomic mass is 16.1. The van der Waals surface area contributed by atoms with E-state index >= 15 is 0 Å². The lowest BCUT2D eigenvalue weighted by Crippen LogP contribution is -2.81. The Hall–Kier alpha value is -2.91. The van der Waals surface area contributed by atoms with Crippen LogP contribution in [-0.2, 0) is 4.79 Å². The molecule has 0 radical (unpaired) electrons. The van der Waals surface area contributed by atoms with E-state index in [1.165, 1.54) is 0 Å². The van der Waals surface area contributed by atoms with Crippen LogP contribution >= 0.6 is 0 Å². The summed E-state index contributed by atoms with van der Waals surface area (Å²) in [7, 11) is 0.